The van der Waals surface area contributed by atoms with Crippen LogP contribution in [-0.4, -0.2) is 50.6 Å². The smallest absolute Gasteiger partial charge is 0.196 e. The Labute approximate surface area is 184 Å². The lowest BCUT2D eigenvalue weighted by Crippen LogP contribution is -2.21. The van der Waals surface area contributed by atoms with Crippen molar-refractivity contribution in [3.63, 3.8) is 0 Å². The maximum atomic E-state index is 12.8. The predicted octanol–water partition coefficient (Wildman–Crippen LogP) is 4.64. The van der Waals surface area contributed by atoms with Gasteiger partial charge in [0.05, 0.1) is 19.3 Å². The van der Waals surface area contributed by atoms with E-state index in [4.69, 9.17) is 14.2 Å². The van der Waals surface area contributed by atoms with Crippen LogP contribution in [0.1, 0.15) is 35.2 Å². The van der Waals surface area contributed by atoms with Crippen LogP contribution in [0.25, 0.3) is 6.08 Å². The van der Waals surface area contributed by atoms with Gasteiger partial charge in [-0.05, 0) is 68.3 Å². The van der Waals surface area contributed by atoms with Gasteiger partial charge >= 0.3 is 0 Å². The van der Waals surface area contributed by atoms with Gasteiger partial charge in [0.25, 0.3) is 0 Å². The number of methoxy groups -OCH3 is 1. The standard InChI is InChI=1S/C24H27NO4.ClH/c1-27-21-9-10-22-23(16-21)29-17-19(24(22)26)15-18-5-7-20(8-6-18)28-14-4-13-25-11-2-3-12-25;/h5-10,15-16H,2-4,11-14,17H2,1H3;1H/b19-15+;. The van der Waals surface area contributed by atoms with E-state index in [9.17, 15) is 4.79 Å². The van der Waals surface area contributed by atoms with Crippen LogP contribution in [0.4, 0.5) is 0 Å². The molecule has 0 spiro atoms. The Morgan fingerprint density at radius 1 is 1.07 bits per heavy atom. The number of carbonyl (C=O) groups is 1. The zero-order chi connectivity index (χ0) is 20.1. The first-order valence-electron chi connectivity index (χ1n) is 10.2. The quantitative estimate of drug-likeness (QED) is 0.474. The molecule has 2 aromatic rings. The van der Waals surface area contributed by atoms with E-state index in [1.165, 1.54) is 25.9 Å². The van der Waals surface area contributed by atoms with Crippen LogP contribution in [-0.2, 0) is 0 Å². The van der Waals surface area contributed by atoms with Gasteiger partial charge in [-0.3, -0.25) is 4.79 Å². The summed E-state index contributed by atoms with van der Waals surface area (Å²) < 4.78 is 16.8. The Hall–Kier alpha value is -2.50. The fourth-order valence-electron chi connectivity index (χ4n) is 3.78. The highest BCUT2D eigenvalue weighted by Gasteiger charge is 2.23. The molecule has 2 heterocycles. The molecule has 160 valence electrons. The summed E-state index contributed by atoms with van der Waals surface area (Å²) in [6, 6.07) is 13.1. The van der Waals surface area contributed by atoms with E-state index < -0.39 is 0 Å². The highest BCUT2D eigenvalue weighted by Crippen LogP contribution is 2.31. The van der Waals surface area contributed by atoms with Crippen molar-refractivity contribution >= 4 is 24.3 Å². The molecule has 5 nitrogen and oxygen atoms in total. The molecule has 1 fully saturated rings. The van der Waals surface area contributed by atoms with E-state index in [1.54, 1.807) is 25.3 Å². The molecule has 2 aliphatic rings. The number of nitrogens with zero attached hydrogens (tertiary/aromatic N) is 1. The molecule has 0 bridgehead atoms. The molecular formula is C24H28ClNO4. The second kappa shape index (κ2) is 10.5. The van der Waals surface area contributed by atoms with Crippen molar-refractivity contribution in [1.82, 2.24) is 4.90 Å². The third-order valence-corrected chi connectivity index (χ3v) is 5.42. The zero-order valence-corrected chi connectivity index (χ0v) is 18.1. The van der Waals surface area contributed by atoms with Crippen LogP contribution in [0.15, 0.2) is 48.0 Å². The van der Waals surface area contributed by atoms with Crippen molar-refractivity contribution in [2.45, 2.75) is 19.3 Å². The maximum absolute atomic E-state index is 12.8. The summed E-state index contributed by atoms with van der Waals surface area (Å²) in [6.45, 7) is 4.55. The van der Waals surface area contributed by atoms with Gasteiger partial charge in [-0.25, -0.2) is 0 Å². The minimum absolute atomic E-state index is 0. The lowest BCUT2D eigenvalue weighted by molar-refractivity contribution is 0.100. The topological polar surface area (TPSA) is 48.0 Å². The minimum atomic E-state index is -0.00357. The highest BCUT2D eigenvalue weighted by molar-refractivity contribution is 6.14. The molecule has 0 atom stereocenters. The molecule has 0 radical (unpaired) electrons. The number of benzene rings is 2. The molecule has 0 N–H and O–H groups in total. The average molecular weight is 430 g/mol. The summed E-state index contributed by atoms with van der Waals surface area (Å²) in [6.07, 6.45) is 5.57. The van der Waals surface area contributed by atoms with Crippen molar-refractivity contribution < 1.29 is 19.0 Å². The Morgan fingerprint density at radius 3 is 2.53 bits per heavy atom. The molecule has 0 saturated carbocycles. The number of ketones is 1. The van der Waals surface area contributed by atoms with Gasteiger partial charge in [0.1, 0.15) is 23.9 Å². The van der Waals surface area contributed by atoms with E-state index in [-0.39, 0.29) is 24.8 Å². The van der Waals surface area contributed by atoms with Crippen molar-refractivity contribution in [3.05, 3.63) is 59.2 Å². The van der Waals surface area contributed by atoms with Gasteiger partial charge in [-0.2, -0.15) is 0 Å². The third-order valence-electron chi connectivity index (χ3n) is 5.42. The van der Waals surface area contributed by atoms with Crippen LogP contribution < -0.4 is 14.2 Å². The predicted molar refractivity (Wildman–Crippen MR) is 120 cm³/mol. The number of halogens is 1. The van der Waals surface area contributed by atoms with Gasteiger partial charge in [-0.1, -0.05) is 12.1 Å². The Morgan fingerprint density at radius 2 is 1.80 bits per heavy atom. The average Bonchev–Trinajstić information content (AvgIpc) is 3.27. The first-order valence-corrected chi connectivity index (χ1v) is 10.2. The first kappa shape index (κ1) is 22.2. The molecular weight excluding hydrogens is 402 g/mol. The Balaban J connectivity index is 0.00000256. The zero-order valence-electron chi connectivity index (χ0n) is 17.3. The summed E-state index contributed by atoms with van der Waals surface area (Å²) >= 11 is 0. The van der Waals surface area contributed by atoms with Gasteiger partial charge in [0.15, 0.2) is 5.78 Å². The SMILES string of the molecule is COc1ccc2c(c1)OC/C(=C\c1ccc(OCCCN3CCCC3)cc1)C2=O.Cl. The normalized spacial score (nSPS) is 17.2. The van der Waals surface area contributed by atoms with E-state index >= 15 is 0 Å². The molecule has 1 saturated heterocycles. The molecule has 6 heteroatoms. The fraction of sp³-hybridized carbons (Fsp3) is 0.375. The lowest BCUT2D eigenvalue weighted by Gasteiger charge is -2.19. The Bertz CT molecular complexity index is 889. The minimum Gasteiger partial charge on any atom is -0.497 e. The van der Waals surface area contributed by atoms with Gasteiger partial charge < -0.3 is 19.1 Å². The molecule has 4 rings (SSSR count). The van der Waals surface area contributed by atoms with Gasteiger partial charge in [-0.15, -0.1) is 12.4 Å². The molecule has 2 aliphatic heterocycles. The van der Waals surface area contributed by atoms with Crippen LogP contribution in [0.3, 0.4) is 0 Å². The summed E-state index contributed by atoms with van der Waals surface area (Å²) in [7, 11) is 1.60. The van der Waals surface area contributed by atoms with E-state index in [2.05, 4.69) is 4.90 Å². The first-order chi connectivity index (χ1) is 14.2. The molecule has 2 aromatic carbocycles. The monoisotopic (exact) mass is 429 g/mol. The maximum Gasteiger partial charge on any atom is 0.196 e. The van der Waals surface area contributed by atoms with Crippen LogP contribution in [0.5, 0.6) is 17.2 Å². The summed E-state index contributed by atoms with van der Waals surface area (Å²) in [5.74, 6) is 2.11. The number of hydrogen-bond acceptors (Lipinski definition) is 5. The van der Waals surface area contributed by atoms with Crippen LogP contribution in [0, 0.1) is 0 Å². The van der Waals surface area contributed by atoms with Crippen molar-refractivity contribution in [3.8, 4) is 17.2 Å². The number of likely N-dealkylation sites (tertiary alicyclic amines) is 1. The lowest BCUT2D eigenvalue weighted by atomic mass is 9.98. The van der Waals surface area contributed by atoms with E-state index in [1.807, 2.05) is 30.3 Å². The number of carbonyl (C=O) groups excluding carboxylic acids is 1. The highest BCUT2D eigenvalue weighted by atomic mass is 35.5. The summed E-state index contributed by atoms with van der Waals surface area (Å²) in [4.78, 5) is 15.2. The van der Waals surface area contributed by atoms with Gasteiger partial charge in [0.2, 0.25) is 0 Å². The summed E-state index contributed by atoms with van der Waals surface area (Å²) in [5, 5.41) is 0. The number of fused-ring (bicyclic) bond motifs is 1. The summed E-state index contributed by atoms with van der Waals surface area (Å²) in [5.41, 5.74) is 2.17. The largest absolute Gasteiger partial charge is 0.497 e. The fourth-order valence-corrected chi connectivity index (χ4v) is 3.78. The third kappa shape index (κ3) is 5.35. The second-order valence-corrected chi connectivity index (χ2v) is 7.47. The second-order valence-electron chi connectivity index (χ2n) is 7.47. The van der Waals surface area contributed by atoms with Crippen LogP contribution in [0.2, 0.25) is 0 Å². The number of Topliss-reactive ketones (excluding diaryl/α,β-unsaturated/α-hetero) is 1. The van der Waals surface area contributed by atoms with Crippen molar-refractivity contribution in [2.24, 2.45) is 0 Å². The molecule has 0 unspecified atom stereocenters. The van der Waals surface area contributed by atoms with Crippen molar-refractivity contribution in [2.75, 3.05) is 40.0 Å². The number of hydrogen-bond donors (Lipinski definition) is 0. The van der Waals surface area contributed by atoms with Crippen molar-refractivity contribution in [1.29, 1.82) is 0 Å². The van der Waals surface area contributed by atoms with E-state index in [0.717, 1.165) is 30.9 Å². The number of rotatable bonds is 7. The number of ether oxygens (including phenoxy) is 3. The van der Waals surface area contributed by atoms with Gasteiger partial charge in [0, 0.05) is 18.2 Å². The molecule has 0 aliphatic carbocycles. The van der Waals surface area contributed by atoms with E-state index in [0.29, 0.717) is 22.6 Å². The van der Waals surface area contributed by atoms with Crippen LogP contribution >= 0.6 is 12.4 Å². The molecule has 0 aromatic heterocycles. The molecule has 30 heavy (non-hydrogen) atoms. The molecule has 0 amide bonds. The Kier molecular flexibility index (Phi) is 7.77.